The average Bonchev–Trinajstić information content (AvgIpc) is 3.29. The van der Waals surface area contributed by atoms with Crippen LogP contribution in [0.5, 0.6) is 5.75 Å². The lowest BCUT2D eigenvalue weighted by Gasteiger charge is -2.18. The summed E-state index contributed by atoms with van der Waals surface area (Å²) in [5.41, 5.74) is 1.48. The number of thiophene rings is 1. The van der Waals surface area contributed by atoms with Crippen LogP contribution in [0.25, 0.3) is 0 Å². The van der Waals surface area contributed by atoms with Gasteiger partial charge in [-0.3, -0.25) is 9.44 Å². The number of hydrogen-bond acceptors (Lipinski definition) is 9. The molecule has 0 spiro atoms. The smallest absolute Gasteiger partial charge is 0.410 e. The summed E-state index contributed by atoms with van der Waals surface area (Å²) in [5.74, 6) is 0.508. The third kappa shape index (κ3) is 7.98. The predicted octanol–water partition coefficient (Wildman–Crippen LogP) is 5.47. The van der Waals surface area contributed by atoms with E-state index in [4.69, 9.17) is 21.1 Å². The number of cyclic esters (lactones) is 1. The first-order chi connectivity index (χ1) is 15.6. The molecule has 1 amide bonds. The number of carbonyl (C=O) groups excluding carboxylic acids is 1. The summed E-state index contributed by atoms with van der Waals surface area (Å²) in [4.78, 5) is 13.8. The maximum Gasteiger partial charge on any atom is 0.410 e. The summed E-state index contributed by atoms with van der Waals surface area (Å²) < 4.78 is 19.9. The van der Waals surface area contributed by atoms with E-state index in [2.05, 4.69) is 36.3 Å². The Morgan fingerprint density at radius 3 is 2.88 bits per heavy atom. The van der Waals surface area contributed by atoms with Crippen LogP contribution in [0.3, 0.4) is 0 Å². The Balaban J connectivity index is 1.40. The molecule has 1 fully saturated rings. The number of ether oxygens (including phenoxy) is 2. The molecule has 2 N–H and O–H groups in total. The second-order valence-corrected chi connectivity index (χ2v) is 12.3. The largest absolute Gasteiger partial charge is 0.488 e. The molecule has 1 aromatic carbocycles. The van der Waals surface area contributed by atoms with Gasteiger partial charge in [-0.1, -0.05) is 17.7 Å². The third-order valence-electron chi connectivity index (χ3n) is 4.37. The maximum absolute atomic E-state index is 12.2. The zero-order valence-electron chi connectivity index (χ0n) is 18.9. The van der Waals surface area contributed by atoms with Crippen molar-refractivity contribution in [3.63, 3.8) is 0 Å². The summed E-state index contributed by atoms with van der Waals surface area (Å²) >= 11 is 11.0. The van der Waals surface area contributed by atoms with Crippen LogP contribution >= 0.6 is 46.8 Å². The fourth-order valence-electron chi connectivity index (χ4n) is 2.82. The van der Waals surface area contributed by atoms with Gasteiger partial charge in [-0.25, -0.2) is 4.79 Å². The van der Waals surface area contributed by atoms with Crippen molar-refractivity contribution in [2.75, 3.05) is 26.2 Å². The Labute approximate surface area is 212 Å². The van der Waals surface area contributed by atoms with Crippen LogP contribution in [-0.2, 0) is 4.74 Å². The van der Waals surface area contributed by atoms with Crippen LogP contribution in [0.15, 0.2) is 32.7 Å². The second-order valence-electron chi connectivity index (χ2n) is 8.53. The Bertz CT molecular complexity index is 1020. The molecule has 0 bridgehead atoms. The molecule has 0 aliphatic carbocycles. The molecular formula is C22H27ClN4O3S3. The van der Waals surface area contributed by atoms with E-state index in [1.807, 2.05) is 25.1 Å². The number of nitriles is 1. The Hall–Kier alpha value is -1.61. The van der Waals surface area contributed by atoms with Crippen molar-refractivity contribution in [3.05, 3.63) is 40.4 Å². The van der Waals surface area contributed by atoms with Crippen LogP contribution in [0.2, 0.25) is 5.02 Å². The molecule has 1 atom stereocenters. The summed E-state index contributed by atoms with van der Waals surface area (Å²) in [7, 11) is 0. The molecule has 2 aromatic rings. The molecule has 33 heavy (non-hydrogen) atoms. The SMILES string of the molecule is Cc1ccc(C#N)c(OC[C@@H]2CN(CCNSc3sc(SNC(C)(C)C)cc3Cl)C(=O)O2)c1. The number of nitrogens with one attached hydrogen (secondary N) is 2. The molecule has 0 saturated carbocycles. The molecule has 0 radical (unpaired) electrons. The number of hydrogen-bond donors (Lipinski definition) is 2. The van der Waals surface area contributed by atoms with Crippen molar-refractivity contribution < 1.29 is 14.3 Å². The van der Waals surface area contributed by atoms with Crippen LogP contribution < -0.4 is 14.2 Å². The van der Waals surface area contributed by atoms with Gasteiger partial charge in [0.1, 0.15) is 18.4 Å². The Morgan fingerprint density at radius 1 is 1.36 bits per heavy atom. The molecule has 11 heteroatoms. The molecule has 7 nitrogen and oxygen atoms in total. The molecule has 0 unspecified atom stereocenters. The van der Waals surface area contributed by atoms with Gasteiger partial charge < -0.3 is 14.4 Å². The Kier molecular flexibility index (Phi) is 9.21. The van der Waals surface area contributed by atoms with E-state index in [0.29, 0.717) is 36.0 Å². The van der Waals surface area contributed by atoms with E-state index >= 15 is 0 Å². The van der Waals surface area contributed by atoms with Crippen LogP contribution in [0, 0.1) is 18.3 Å². The third-order valence-corrected chi connectivity index (χ3v) is 8.41. The van der Waals surface area contributed by atoms with Gasteiger partial charge in [-0.05, 0) is 75.4 Å². The van der Waals surface area contributed by atoms with Crippen molar-refractivity contribution in [3.8, 4) is 11.8 Å². The highest BCUT2D eigenvalue weighted by Gasteiger charge is 2.31. The number of rotatable bonds is 10. The van der Waals surface area contributed by atoms with E-state index in [9.17, 15) is 10.1 Å². The van der Waals surface area contributed by atoms with Gasteiger partial charge in [-0.15, -0.1) is 11.3 Å². The Morgan fingerprint density at radius 2 is 2.15 bits per heavy atom. The highest BCUT2D eigenvalue weighted by atomic mass is 35.5. The van der Waals surface area contributed by atoms with Crippen molar-refractivity contribution >= 4 is 52.9 Å². The average molecular weight is 527 g/mol. The minimum atomic E-state index is -0.376. The number of amides is 1. The standard InChI is InChI=1S/C22H27ClN4O3S3/c1-14-5-6-15(11-24)18(9-14)29-13-16-12-27(21(28)30-16)8-7-25-33-20-17(23)10-19(31-20)32-26-22(2,3)4/h5-6,9-10,16,25-26H,7-8,12-13H2,1-4H3/t16-/m0/s1. The van der Waals surface area contributed by atoms with E-state index in [1.54, 1.807) is 34.3 Å². The van der Waals surface area contributed by atoms with E-state index in [1.165, 1.54) is 11.9 Å². The van der Waals surface area contributed by atoms with Gasteiger partial charge >= 0.3 is 6.09 Å². The molecule has 2 heterocycles. The van der Waals surface area contributed by atoms with E-state index < -0.39 is 0 Å². The van der Waals surface area contributed by atoms with Gasteiger partial charge in [0.25, 0.3) is 0 Å². The molecule has 1 saturated heterocycles. The monoisotopic (exact) mass is 526 g/mol. The first kappa shape index (κ1) is 26.0. The molecule has 178 valence electrons. The number of halogens is 1. The number of aryl methyl sites for hydroxylation is 1. The van der Waals surface area contributed by atoms with Crippen LogP contribution in [0.4, 0.5) is 4.79 Å². The van der Waals surface area contributed by atoms with Crippen molar-refractivity contribution in [1.29, 1.82) is 5.26 Å². The zero-order chi connectivity index (χ0) is 24.0. The van der Waals surface area contributed by atoms with E-state index in [0.717, 1.165) is 14.0 Å². The maximum atomic E-state index is 12.2. The lowest BCUT2D eigenvalue weighted by atomic mass is 10.1. The molecule has 1 aliphatic heterocycles. The number of nitrogens with zero attached hydrogens (tertiary/aromatic N) is 2. The molecule has 1 aliphatic rings. The van der Waals surface area contributed by atoms with E-state index in [-0.39, 0.29) is 24.3 Å². The molecular weight excluding hydrogens is 500 g/mol. The van der Waals surface area contributed by atoms with Gasteiger partial charge in [0.2, 0.25) is 0 Å². The lowest BCUT2D eigenvalue weighted by Crippen LogP contribution is -2.32. The highest BCUT2D eigenvalue weighted by molar-refractivity contribution is 8.01. The first-order valence-electron chi connectivity index (χ1n) is 10.4. The van der Waals surface area contributed by atoms with Crippen LogP contribution in [-0.4, -0.2) is 48.9 Å². The fourth-order valence-corrected chi connectivity index (χ4v) is 6.18. The van der Waals surface area contributed by atoms with Gasteiger partial charge in [0.15, 0.2) is 6.10 Å². The fraction of sp³-hybridized carbons (Fsp3) is 0.455. The normalized spacial score (nSPS) is 16.1. The summed E-state index contributed by atoms with van der Waals surface area (Å²) in [6.45, 7) is 10.00. The second kappa shape index (κ2) is 11.7. The minimum absolute atomic E-state index is 0.0119. The summed E-state index contributed by atoms with van der Waals surface area (Å²) in [6, 6.07) is 9.47. The zero-order valence-corrected chi connectivity index (χ0v) is 22.1. The van der Waals surface area contributed by atoms with Crippen molar-refractivity contribution in [2.45, 2.75) is 47.8 Å². The summed E-state index contributed by atoms with van der Waals surface area (Å²) in [5, 5.41) is 9.93. The van der Waals surface area contributed by atoms with Gasteiger partial charge in [0, 0.05) is 18.6 Å². The van der Waals surface area contributed by atoms with Crippen LogP contribution in [0.1, 0.15) is 31.9 Å². The highest BCUT2D eigenvalue weighted by Crippen LogP contribution is 2.38. The van der Waals surface area contributed by atoms with Gasteiger partial charge in [0.05, 0.1) is 25.5 Å². The molecule has 1 aromatic heterocycles. The lowest BCUT2D eigenvalue weighted by molar-refractivity contribution is 0.103. The first-order valence-corrected chi connectivity index (χ1v) is 13.2. The van der Waals surface area contributed by atoms with Crippen molar-refractivity contribution in [1.82, 2.24) is 14.3 Å². The summed E-state index contributed by atoms with van der Waals surface area (Å²) in [6.07, 6.45) is -0.736. The number of benzene rings is 1. The number of carbonyl (C=O) groups is 1. The van der Waals surface area contributed by atoms with Crippen molar-refractivity contribution in [2.24, 2.45) is 0 Å². The topological polar surface area (TPSA) is 86.6 Å². The quantitative estimate of drug-likeness (QED) is 0.311. The molecule has 3 rings (SSSR count). The van der Waals surface area contributed by atoms with Gasteiger partial charge in [-0.2, -0.15) is 5.26 Å². The predicted molar refractivity (Wildman–Crippen MR) is 135 cm³/mol. The minimum Gasteiger partial charge on any atom is -0.488 e.